The Hall–Kier alpha value is -1.87. The summed E-state index contributed by atoms with van der Waals surface area (Å²) in [7, 11) is -1.03. The molecule has 1 heterocycles. The van der Waals surface area contributed by atoms with Gasteiger partial charge in [-0.05, 0) is 25.5 Å². The van der Waals surface area contributed by atoms with Crippen molar-refractivity contribution in [2.24, 2.45) is 0 Å². The number of furan rings is 1. The van der Waals surface area contributed by atoms with Gasteiger partial charge in [0.2, 0.25) is 5.09 Å². The van der Waals surface area contributed by atoms with Crippen LogP contribution in [0.3, 0.4) is 0 Å². The van der Waals surface area contributed by atoms with Crippen LogP contribution in [0.5, 0.6) is 0 Å². The minimum absolute atomic E-state index is 0.0696. The topological polar surface area (TPSA) is 117 Å². The van der Waals surface area contributed by atoms with Gasteiger partial charge in [-0.25, -0.2) is 12.7 Å². The predicted molar refractivity (Wildman–Crippen MR) is 73.4 cm³/mol. The molecule has 0 fully saturated rings. The standard InChI is InChI=1S/C12H18N2O6S/c1-8(4-6-10(15)16)13-12(17)9-5-7-11(20-9)21(18,19)14(2)3/h5,7-8H,4,6H2,1-3H3,(H,13,17)(H,15,16). The van der Waals surface area contributed by atoms with Gasteiger partial charge in [-0.3, -0.25) is 9.59 Å². The van der Waals surface area contributed by atoms with Crippen molar-refractivity contribution in [2.45, 2.75) is 30.9 Å². The number of rotatable bonds is 7. The van der Waals surface area contributed by atoms with Crippen LogP contribution in [0, 0.1) is 0 Å². The van der Waals surface area contributed by atoms with Crippen LogP contribution < -0.4 is 5.32 Å². The second-order valence-corrected chi connectivity index (χ2v) is 6.80. The van der Waals surface area contributed by atoms with Gasteiger partial charge in [-0.2, -0.15) is 0 Å². The van der Waals surface area contributed by atoms with Crippen molar-refractivity contribution in [3.63, 3.8) is 0 Å². The van der Waals surface area contributed by atoms with E-state index in [4.69, 9.17) is 9.52 Å². The number of nitrogens with one attached hydrogen (secondary N) is 1. The lowest BCUT2D eigenvalue weighted by Gasteiger charge is -2.11. The quantitative estimate of drug-likeness (QED) is 0.756. The van der Waals surface area contributed by atoms with Gasteiger partial charge in [0, 0.05) is 26.6 Å². The first-order valence-electron chi connectivity index (χ1n) is 6.19. The van der Waals surface area contributed by atoms with Crippen molar-refractivity contribution < 1.29 is 27.5 Å². The number of amides is 1. The SMILES string of the molecule is CC(CCC(=O)O)NC(=O)c1ccc(S(=O)(=O)N(C)C)o1. The van der Waals surface area contributed by atoms with Crippen LogP contribution in [-0.2, 0) is 14.8 Å². The third kappa shape index (κ3) is 4.57. The minimum atomic E-state index is -3.73. The molecule has 1 aromatic heterocycles. The summed E-state index contributed by atoms with van der Waals surface area (Å²) in [6.45, 7) is 1.65. The summed E-state index contributed by atoms with van der Waals surface area (Å²) < 4.78 is 29.6. The fourth-order valence-electron chi connectivity index (χ4n) is 1.47. The Morgan fingerprint density at radius 3 is 2.52 bits per heavy atom. The second-order valence-electron chi connectivity index (χ2n) is 4.71. The summed E-state index contributed by atoms with van der Waals surface area (Å²) >= 11 is 0. The Labute approximate surface area is 122 Å². The van der Waals surface area contributed by atoms with Crippen LogP contribution in [-0.4, -0.2) is 49.8 Å². The molecule has 1 rings (SSSR count). The maximum atomic E-state index is 11.8. The van der Waals surface area contributed by atoms with E-state index in [1.807, 2.05) is 0 Å². The number of hydrogen-bond donors (Lipinski definition) is 2. The van der Waals surface area contributed by atoms with Crippen LogP contribution in [0.1, 0.15) is 30.3 Å². The average molecular weight is 318 g/mol. The highest BCUT2D eigenvalue weighted by molar-refractivity contribution is 7.88. The molecule has 0 spiro atoms. The monoisotopic (exact) mass is 318 g/mol. The molecule has 2 N–H and O–H groups in total. The fraction of sp³-hybridized carbons (Fsp3) is 0.500. The van der Waals surface area contributed by atoms with Gasteiger partial charge in [0.15, 0.2) is 5.76 Å². The molecule has 21 heavy (non-hydrogen) atoms. The van der Waals surface area contributed by atoms with Crippen molar-refractivity contribution in [1.82, 2.24) is 9.62 Å². The number of aliphatic carboxylic acids is 1. The summed E-state index contributed by atoms with van der Waals surface area (Å²) in [6, 6.07) is 2.09. The normalized spacial score (nSPS) is 13.1. The zero-order chi connectivity index (χ0) is 16.2. The number of sulfonamides is 1. The van der Waals surface area contributed by atoms with Gasteiger partial charge in [-0.1, -0.05) is 0 Å². The molecular formula is C12H18N2O6S. The predicted octanol–water partition coefficient (Wildman–Crippen LogP) is 0.513. The molecule has 1 atom stereocenters. The molecule has 8 nitrogen and oxygen atoms in total. The first-order valence-corrected chi connectivity index (χ1v) is 7.63. The average Bonchev–Trinajstić information content (AvgIpc) is 2.86. The van der Waals surface area contributed by atoms with Crippen LogP contribution >= 0.6 is 0 Å². The Morgan fingerprint density at radius 2 is 2.00 bits per heavy atom. The summed E-state index contributed by atoms with van der Waals surface area (Å²) in [5.41, 5.74) is 0. The van der Waals surface area contributed by atoms with Crippen LogP contribution in [0.4, 0.5) is 0 Å². The summed E-state index contributed by atoms with van der Waals surface area (Å²) in [4.78, 5) is 22.3. The maximum absolute atomic E-state index is 11.8. The molecule has 0 aliphatic heterocycles. The lowest BCUT2D eigenvalue weighted by Crippen LogP contribution is -2.32. The van der Waals surface area contributed by atoms with Crippen LogP contribution in [0.2, 0.25) is 0 Å². The third-order valence-corrected chi connectivity index (χ3v) is 4.40. The van der Waals surface area contributed by atoms with E-state index < -0.39 is 21.9 Å². The van der Waals surface area contributed by atoms with Crippen molar-refractivity contribution in [2.75, 3.05) is 14.1 Å². The highest BCUT2D eigenvalue weighted by Crippen LogP contribution is 2.17. The third-order valence-electron chi connectivity index (χ3n) is 2.71. The molecule has 0 aliphatic rings. The molecule has 0 aromatic carbocycles. The summed E-state index contributed by atoms with van der Waals surface area (Å²) in [5, 5.41) is 10.8. The molecule has 1 amide bonds. The first kappa shape index (κ1) is 17.2. The maximum Gasteiger partial charge on any atom is 0.303 e. The molecule has 0 saturated carbocycles. The zero-order valence-electron chi connectivity index (χ0n) is 12.0. The van der Waals surface area contributed by atoms with E-state index >= 15 is 0 Å². The lowest BCUT2D eigenvalue weighted by atomic mass is 10.2. The van der Waals surface area contributed by atoms with E-state index in [-0.39, 0.29) is 29.7 Å². The van der Waals surface area contributed by atoms with E-state index in [2.05, 4.69) is 5.32 Å². The zero-order valence-corrected chi connectivity index (χ0v) is 12.8. The molecule has 0 saturated heterocycles. The number of carbonyl (C=O) groups excluding carboxylic acids is 1. The van der Waals surface area contributed by atoms with Crippen molar-refractivity contribution in [3.8, 4) is 0 Å². The Morgan fingerprint density at radius 1 is 1.38 bits per heavy atom. The van der Waals surface area contributed by atoms with Gasteiger partial charge < -0.3 is 14.8 Å². The second kappa shape index (κ2) is 6.72. The highest BCUT2D eigenvalue weighted by Gasteiger charge is 2.23. The van der Waals surface area contributed by atoms with Crippen molar-refractivity contribution in [3.05, 3.63) is 17.9 Å². The molecule has 118 valence electrons. The first-order chi connectivity index (χ1) is 9.64. The van der Waals surface area contributed by atoms with E-state index in [0.717, 1.165) is 4.31 Å². The molecular weight excluding hydrogens is 300 g/mol. The van der Waals surface area contributed by atoms with E-state index in [1.165, 1.54) is 26.2 Å². The van der Waals surface area contributed by atoms with Crippen LogP contribution in [0.25, 0.3) is 0 Å². The van der Waals surface area contributed by atoms with Gasteiger partial charge in [0.25, 0.3) is 15.9 Å². The number of carboxylic acids is 1. The lowest BCUT2D eigenvalue weighted by molar-refractivity contribution is -0.137. The molecule has 0 bridgehead atoms. The Bertz CT molecular complexity index is 619. The van der Waals surface area contributed by atoms with Gasteiger partial charge >= 0.3 is 5.97 Å². The number of nitrogens with zero attached hydrogens (tertiary/aromatic N) is 1. The van der Waals surface area contributed by atoms with Gasteiger partial charge in [-0.15, -0.1) is 0 Å². The van der Waals surface area contributed by atoms with Crippen molar-refractivity contribution in [1.29, 1.82) is 0 Å². The Balaban J connectivity index is 2.73. The largest absolute Gasteiger partial charge is 0.481 e. The summed E-state index contributed by atoms with van der Waals surface area (Å²) in [5.74, 6) is -1.68. The number of carbonyl (C=O) groups is 2. The van der Waals surface area contributed by atoms with Crippen LogP contribution in [0.15, 0.2) is 21.6 Å². The minimum Gasteiger partial charge on any atom is -0.481 e. The molecule has 0 radical (unpaired) electrons. The van der Waals surface area contributed by atoms with Gasteiger partial charge in [0.1, 0.15) is 0 Å². The van der Waals surface area contributed by atoms with Gasteiger partial charge in [0.05, 0.1) is 0 Å². The molecule has 0 aliphatic carbocycles. The van der Waals surface area contributed by atoms with Crippen molar-refractivity contribution >= 4 is 21.9 Å². The van der Waals surface area contributed by atoms with E-state index in [9.17, 15) is 18.0 Å². The molecule has 9 heteroatoms. The van der Waals surface area contributed by atoms with E-state index in [0.29, 0.717) is 0 Å². The summed E-state index contributed by atoms with van der Waals surface area (Å²) in [6.07, 6.45) is 0.199. The van der Waals surface area contributed by atoms with E-state index in [1.54, 1.807) is 6.92 Å². The molecule has 1 aromatic rings. The Kier molecular flexibility index (Phi) is 5.50. The number of carboxylic acid groups (broad SMARTS) is 1. The smallest absolute Gasteiger partial charge is 0.303 e. The fourth-order valence-corrected chi connectivity index (χ4v) is 2.26. The number of hydrogen-bond acceptors (Lipinski definition) is 5. The molecule has 1 unspecified atom stereocenters. The highest BCUT2D eigenvalue weighted by atomic mass is 32.2.